The van der Waals surface area contributed by atoms with E-state index in [1.165, 1.54) is 6.20 Å². The number of hydrogen-bond donors (Lipinski definition) is 0. The van der Waals surface area contributed by atoms with Crippen molar-refractivity contribution in [2.45, 2.75) is 0 Å². The van der Waals surface area contributed by atoms with Crippen LogP contribution in [-0.2, 0) is 0 Å². The summed E-state index contributed by atoms with van der Waals surface area (Å²) in [6.07, 6.45) is 4.89. The van der Waals surface area contributed by atoms with Crippen LogP contribution in [0.3, 0.4) is 0 Å². The third-order valence-electron chi connectivity index (χ3n) is 4.35. The van der Waals surface area contributed by atoms with E-state index in [-0.39, 0.29) is 22.8 Å². The first-order valence-electron chi connectivity index (χ1n) is 7.47. The molecule has 0 amide bonds. The maximum atomic E-state index is 12.9. The highest BCUT2D eigenvalue weighted by molar-refractivity contribution is 6.43. The lowest BCUT2D eigenvalue weighted by molar-refractivity contribution is 0.0988. The minimum absolute atomic E-state index is 0.157. The molecule has 5 heteroatoms. The van der Waals surface area contributed by atoms with Crippen LogP contribution in [0, 0.1) is 0 Å². The monoisotopic (exact) mass is 311 g/mol. The van der Waals surface area contributed by atoms with Crippen molar-refractivity contribution in [3.05, 3.63) is 82.9 Å². The summed E-state index contributed by atoms with van der Waals surface area (Å²) in [5.74, 6) is -0.623. The van der Waals surface area contributed by atoms with Gasteiger partial charge in [-0.1, -0.05) is 12.1 Å². The van der Waals surface area contributed by atoms with Crippen molar-refractivity contribution < 1.29 is 9.59 Å². The largest absolute Gasteiger partial charge is 0.288 e. The highest BCUT2D eigenvalue weighted by atomic mass is 16.2. The van der Waals surface area contributed by atoms with E-state index in [9.17, 15) is 9.59 Å². The Morgan fingerprint density at radius 3 is 1.58 bits per heavy atom. The van der Waals surface area contributed by atoms with E-state index in [2.05, 4.69) is 15.0 Å². The van der Waals surface area contributed by atoms with Gasteiger partial charge in [-0.25, -0.2) is 0 Å². The van der Waals surface area contributed by atoms with Gasteiger partial charge in [0, 0.05) is 35.3 Å². The van der Waals surface area contributed by atoms with Gasteiger partial charge in [0.1, 0.15) is 5.69 Å². The summed E-state index contributed by atoms with van der Waals surface area (Å²) < 4.78 is 0. The van der Waals surface area contributed by atoms with E-state index in [4.69, 9.17) is 0 Å². The Bertz CT molecular complexity index is 1010. The maximum absolute atomic E-state index is 12.9. The number of ketones is 2. The van der Waals surface area contributed by atoms with Gasteiger partial charge in [-0.15, -0.1) is 0 Å². The molecule has 0 aliphatic heterocycles. The fourth-order valence-electron chi connectivity index (χ4n) is 3.36. The number of rotatable bonds is 0. The number of aromatic nitrogens is 3. The van der Waals surface area contributed by atoms with Crippen molar-refractivity contribution in [2.24, 2.45) is 0 Å². The van der Waals surface area contributed by atoms with E-state index in [0.29, 0.717) is 22.5 Å². The van der Waals surface area contributed by atoms with Crippen molar-refractivity contribution in [3.63, 3.8) is 0 Å². The lowest BCUT2D eigenvalue weighted by Crippen LogP contribution is -2.05. The zero-order valence-corrected chi connectivity index (χ0v) is 12.4. The molecule has 24 heavy (non-hydrogen) atoms. The Morgan fingerprint density at radius 2 is 1.04 bits per heavy atom. The zero-order chi connectivity index (χ0) is 16.3. The highest BCUT2D eigenvalue weighted by Crippen LogP contribution is 2.45. The number of allylic oxidation sites excluding steroid dienone is 1. The van der Waals surface area contributed by atoms with Gasteiger partial charge in [0.15, 0.2) is 5.78 Å². The van der Waals surface area contributed by atoms with Crippen molar-refractivity contribution in [3.8, 4) is 11.4 Å². The van der Waals surface area contributed by atoms with Gasteiger partial charge in [0.2, 0.25) is 5.78 Å². The van der Waals surface area contributed by atoms with E-state index >= 15 is 0 Å². The summed E-state index contributed by atoms with van der Waals surface area (Å²) in [7, 11) is 0. The molecule has 3 aromatic heterocycles. The van der Waals surface area contributed by atoms with Crippen LogP contribution < -0.4 is 0 Å². The Kier molecular flexibility index (Phi) is 2.45. The molecular weight excluding hydrogens is 302 g/mol. The average Bonchev–Trinajstić information content (AvgIpc) is 3.08. The number of carbonyl (C=O) groups is 2. The second-order valence-corrected chi connectivity index (χ2v) is 5.61. The zero-order valence-electron chi connectivity index (χ0n) is 12.4. The Balaban J connectivity index is 1.89. The molecule has 2 aliphatic carbocycles. The molecule has 112 valence electrons. The first kappa shape index (κ1) is 13.0. The van der Waals surface area contributed by atoms with Crippen LogP contribution in [0.25, 0.3) is 17.0 Å². The van der Waals surface area contributed by atoms with Crippen LogP contribution in [-0.4, -0.2) is 26.5 Å². The molecule has 0 saturated heterocycles. The highest BCUT2D eigenvalue weighted by Gasteiger charge is 2.40. The molecule has 0 radical (unpaired) electrons. The van der Waals surface area contributed by atoms with Crippen molar-refractivity contribution >= 4 is 17.1 Å². The molecule has 0 saturated carbocycles. The predicted octanol–water partition coefficient (Wildman–Crippen LogP) is 2.73. The number of nitrogens with zero attached hydrogens (tertiary/aromatic N) is 3. The number of hydrogen-bond acceptors (Lipinski definition) is 5. The molecule has 0 fully saturated rings. The number of pyridine rings is 3. The fraction of sp³-hybridized carbons (Fsp3) is 0. The molecule has 0 N–H and O–H groups in total. The third kappa shape index (κ3) is 1.50. The first-order chi connectivity index (χ1) is 11.8. The summed E-state index contributed by atoms with van der Waals surface area (Å²) in [5.41, 5.74) is 4.24. The normalized spacial score (nSPS) is 14.7. The van der Waals surface area contributed by atoms with Crippen LogP contribution in [0.2, 0.25) is 0 Å². The summed E-state index contributed by atoms with van der Waals surface area (Å²) in [6.45, 7) is 0. The average molecular weight is 311 g/mol. The van der Waals surface area contributed by atoms with Gasteiger partial charge in [0.25, 0.3) is 0 Å². The van der Waals surface area contributed by atoms with Gasteiger partial charge < -0.3 is 0 Å². The summed E-state index contributed by atoms with van der Waals surface area (Å²) >= 11 is 0. The lowest BCUT2D eigenvalue weighted by Gasteiger charge is -2.05. The predicted molar refractivity (Wildman–Crippen MR) is 86.4 cm³/mol. The molecule has 0 aromatic carbocycles. The molecule has 2 aliphatic rings. The van der Waals surface area contributed by atoms with Crippen LogP contribution in [0.1, 0.15) is 32.0 Å². The second-order valence-electron chi connectivity index (χ2n) is 5.61. The molecule has 0 spiro atoms. The SMILES string of the molecule is O=C1C(=C2c3cccnc3-c3ncccc32)C(=O)c2ncccc21. The maximum Gasteiger partial charge on any atom is 0.216 e. The molecular formula is C19H9N3O2. The first-order valence-corrected chi connectivity index (χ1v) is 7.47. The minimum Gasteiger partial charge on any atom is -0.288 e. The fourth-order valence-corrected chi connectivity index (χ4v) is 3.36. The lowest BCUT2D eigenvalue weighted by atomic mass is 9.96. The van der Waals surface area contributed by atoms with E-state index in [1.54, 1.807) is 36.7 Å². The van der Waals surface area contributed by atoms with Crippen molar-refractivity contribution in [1.82, 2.24) is 15.0 Å². The van der Waals surface area contributed by atoms with Crippen LogP contribution >= 0.6 is 0 Å². The summed E-state index contributed by atoms with van der Waals surface area (Å²) in [4.78, 5) is 38.5. The summed E-state index contributed by atoms with van der Waals surface area (Å²) in [5, 5.41) is 0. The molecule has 0 bridgehead atoms. The van der Waals surface area contributed by atoms with Gasteiger partial charge in [0.05, 0.1) is 22.5 Å². The molecule has 5 rings (SSSR count). The van der Waals surface area contributed by atoms with Gasteiger partial charge in [-0.2, -0.15) is 0 Å². The number of carbonyl (C=O) groups excluding carboxylic acids is 2. The van der Waals surface area contributed by atoms with Gasteiger partial charge in [-0.3, -0.25) is 24.5 Å². The standard InChI is InChI=1S/C19H9N3O2/c23-18-12-6-3-9-22-17(12)19(24)14(18)13-10-4-1-7-20-15(10)16-11(13)5-2-8-21-16/h1-9H. The smallest absolute Gasteiger partial charge is 0.216 e. The molecule has 3 heterocycles. The van der Waals surface area contributed by atoms with Crippen LogP contribution in [0.5, 0.6) is 0 Å². The third-order valence-corrected chi connectivity index (χ3v) is 4.35. The van der Waals surface area contributed by atoms with E-state index < -0.39 is 0 Å². The quantitative estimate of drug-likeness (QED) is 0.369. The van der Waals surface area contributed by atoms with Gasteiger partial charge >= 0.3 is 0 Å². The van der Waals surface area contributed by atoms with Crippen LogP contribution in [0.4, 0.5) is 0 Å². The van der Waals surface area contributed by atoms with Crippen molar-refractivity contribution in [1.29, 1.82) is 0 Å². The van der Waals surface area contributed by atoms with E-state index in [1.807, 2.05) is 12.1 Å². The second kappa shape index (κ2) is 4.52. The molecule has 0 atom stereocenters. The Morgan fingerprint density at radius 1 is 0.542 bits per heavy atom. The molecule has 0 unspecified atom stereocenters. The number of fused-ring (bicyclic) bond motifs is 4. The molecule has 5 nitrogen and oxygen atoms in total. The van der Waals surface area contributed by atoms with Gasteiger partial charge in [-0.05, 0) is 24.3 Å². The Labute approximate surface area is 136 Å². The van der Waals surface area contributed by atoms with Crippen LogP contribution in [0.15, 0.2) is 60.6 Å². The number of Topliss-reactive ketones (excluding diaryl/α,β-unsaturated/α-hetero) is 2. The minimum atomic E-state index is -0.336. The topological polar surface area (TPSA) is 72.8 Å². The van der Waals surface area contributed by atoms with Crippen molar-refractivity contribution in [2.75, 3.05) is 0 Å². The molecule has 3 aromatic rings. The Hall–Kier alpha value is -3.47. The van der Waals surface area contributed by atoms with E-state index in [0.717, 1.165) is 11.1 Å². The summed E-state index contributed by atoms with van der Waals surface area (Å²) in [6, 6.07) is 10.6.